The van der Waals surface area contributed by atoms with Gasteiger partial charge in [-0.1, -0.05) is 6.92 Å². The van der Waals surface area contributed by atoms with Crippen LogP contribution in [0, 0.1) is 5.41 Å². The molecule has 5 heteroatoms. The van der Waals surface area contributed by atoms with E-state index in [-0.39, 0.29) is 16.9 Å². The van der Waals surface area contributed by atoms with E-state index in [1.54, 1.807) is 16.8 Å². The highest BCUT2D eigenvalue weighted by Crippen LogP contribution is 2.31. The number of aryl methyl sites for hydroxylation is 1. The Morgan fingerprint density at radius 1 is 1.45 bits per heavy atom. The Bertz CT molecular complexity index is 530. The summed E-state index contributed by atoms with van der Waals surface area (Å²) in [6, 6.07) is 3.17. The predicted octanol–water partition coefficient (Wildman–Crippen LogP) is 1.59. The molecule has 1 amide bonds. The third-order valence-electron chi connectivity index (χ3n) is 4.21. The van der Waals surface area contributed by atoms with Gasteiger partial charge in [-0.25, -0.2) is 0 Å². The van der Waals surface area contributed by atoms with Gasteiger partial charge in [0.25, 0.3) is 5.56 Å². The quantitative estimate of drug-likeness (QED) is 0.878. The van der Waals surface area contributed by atoms with Crippen LogP contribution in [-0.4, -0.2) is 23.6 Å². The molecule has 2 N–H and O–H groups in total. The fourth-order valence-electron chi connectivity index (χ4n) is 2.74. The van der Waals surface area contributed by atoms with E-state index < -0.39 is 0 Å². The zero-order valence-electron chi connectivity index (χ0n) is 12.2. The summed E-state index contributed by atoms with van der Waals surface area (Å²) in [6.07, 6.45) is 4.46. The van der Waals surface area contributed by atoms with E-state index in [0.29, 0.717) is 12.2 Å². The van der Waals surface area contributed by atoms with Crippen LogP contribution in [0.3, 0.4) is 0 Å². The molecule has 0 spiro atoms. The zero-order chi connectivity index (χ0) is 14.6. The molecule has 0 bridgehead atoms. The lowest BCUT2D eigenvalue weighted by Crippen LogP contribution is -2.47. The minimum atomic E-state index is -0.328. The number of aromatic nitrogens is 1. The lowest BCUT2D eigenvalue weighted by molar-refractivity contribution is -0.126. The number of carbonyl (C=O) groups excluding carboxylic acids is 1. The average molecular weight is 277 g/mol. The molecule has 0 aromatic carbocycles. The van der Waals surface area contributed by atoms with Crippen LogP contribution in [-0.2, 0) is 11.3 Å². The van der Waals surface area contributed by atoms with Crippen LogP contribution in [0.4, 0.5) is 5.69 Å². The number of hydrogen-bond acceptors (Lipinski definition) is 3. The minimum absolute atomic E-state index is 0.0463. The Morgan fingerprint density at radius 2 is 2.25 bits per heavy atom. The van der Waals surface area contributed by atoms with E-state index in [1.807, 2.05) is 6.92 Å². The maximum absolute atomic E-state index is 12.6. The summed E-state index contributed by atoms with van der Waals surface area (Å²) in [5.74, 6) is 0.0495. The largest absolute Gasteiger partial charge is 0.324 e. The van der Waals surface area contributed by atoms with Crippen molar-refractivity contribution in [2.45, 2.75) is 39.7 Å². The molecule has 1 aromatic heterocycles. The smallest absolute Gasteiger partial charge is 0.250 e. The standard InChI is InChI=1S/C15H23N3O2/c1-3-15(8-5-9-16-11-15)14(20)17-12-6-7-13(19)18(4-2)10-12/h6-7,10,16H,3-5,8-9,11H2,1-2H3,(H,17,20). The third-order valence-corrected chi connectivity index (χ3v) is 4.21. The van der Waals surface area contributed by atoms with Crippen molar-refractivity contribution in [2.75, 3.05) is 18.4 Å². The molecule has 1 aromatic rings. The molecule has 0 aliphatic carbocycles. The molecule has 5 nitrogen and oxygen atoms in total. The predicted molar refractivity (Wildman–Crippen MR) is 79.8 cm³/mol. The van der Waals surface area contributed by atoms with E-state index >= 15 is 0 Å². The summed E-state index contributed by atoms with van der Waals surface area (Å²) in [5, 5.41) is 6.28. The molecule has 20 heavy (non-hydrogen) atoms. The van der Waals surface area contributed by atoms with Crippen molar-refractivity contribution in [2.24, 2.45) is 5.41 Å². The monoisotopic (exact) mass is 277 g/mol. The first kappa shape index (κ1) is 14.8. The lowest BCUT2D eigenvalue weighted by Gasteiger charge is -2.35. The molecule has 0 radical (unpaired) electrons. The van der Waals surface area contributed by atoms with Crippen LogP contribution in [0.25, 0.3) is 0 Å². The summed E-state index contributed by atoms with van der Waals surface area (Å²) in [7, 11) is 0. The number of hydrogen-bond donors (Lipinski definition) is 2. The maximum Gasteiger partial charge on any atom is 0.250 e. The van der Waals surface area contributed by atoms with E-state index in [0.717, 1.165) is 32.4 Å². The molecule has 1 atom stereocenters. The second-order valence-corrected chi connectivity index (χ2v) is 5.41. The number of piperidine rings is 1. The van der Waals surface area contributed by atoms with Crippen LogP contribution in [0.2, 0.25) is 0 Å². The van der Waals surface area contributed by atoms with Gasteiger partial charge < -0.3 is 15.2 Å². The van der Waals surface area contributed by atoms with Crippen LogP contribution in [0.15, 0.2) is 23.1 Å². The molecule has 1 unspecified atom stereocenters. The molecular weight excluding hydrogens is 254 g/mol. The average Bonchev–Trinajstić information content (AvgIpc) is 2.49. The van der Waals surface area contributed by atoms with Gasteiger partial charge in [0.15, 0.2) is 0 Å². The second kappa shape index (κ2) is 6.22. The number of nitrogens with one attached hydrogen (secondary N) is 2. The van der Waals surface area contributed by atoms with Crippen LogP contribution in [0.1, 0.15) is 33.1 Å². The summed E-state index contributed by atoms with van der Waals surface area (Å²) in [6.45, 7) is 6.27. The highest BCUT2D eigenvalue weighted by atomic mass is 16.2. The topological polar surface area (TPSA) is 63.1 Å². The first-order valence-corrected chi connectivity index (χ1v) is 7.34. The SMILES string of the molecule is CCn1cc(NC(=O)C2(CC)CCCNC2)ccc1=O. The van der Waals surface area contributed by atoms with E-state index in [1.165, 1.54) is 6.07 Å². The summed E-state index contributed by atoms with van der Waals surface area (Å²) >= 11 is 0. The van der Waals surface area contributed by atoms with Gasteiger partial charge in [-0.15, -0.1) is 0 Å². The number of pyridine rings is 1. The Labute approximate surface area is 119 Å². The van der Waals surface area contributed by atoms with Gasteiger partial charge >= 0.3 is 0 Å². The van der Waals surface area contributed by atoms with Crippen molar-refractivity contribution in [3.63, 3.8) is 0 Å². The van der Waals surface area contributed by atoms with Crippen molar-refractivity contribution < 1.29 is 4.79 Å². The molecular formula is C15H23N3O2. The lowest BCUT2D eigenvalue weighted by atomic mass is 9.77. The number of amides is 1. The van der Waals surface area contributed by atoms with Crippen LogP contribution < -0.4 is 16.2 Å². The molecule has 1 aliphatic rings. The first-order valence-electron chi connectivity index (χ1n) is 7.34. The Hall–Kier alpha value is -1.62. The van der Waals surface area contributed by atoms with Crippen molar-refractivity contribution >= 4 is 11.6 Å². The normalized spacial score (nSPS) is 22.5. The third kappa shape index (κ3) is 2.93. The molecule has 2 rings (SSSR count). The van der Waals surface area contributed by atoms with E-state index in [9.17, 15) is 9.59 Å². The van der Waals surface area contributed by atoms with Crippen LogP contribution >= 0.6 is 0 Å². The minimum Gasteiger partial charge on any atom is -0.324 e. The molecule has 1 saturated heterocycles. The number of anilines is 1. The van der Waals surface area contributed by atoms with E-state index in [4.69, 9.17) is 0 Å². The van der Waals surface area contributed by atoms with Crippen molar-refractivity contribution in [3.8, 4) is 0 Å². The van der Waals surface area contributed by atoms with Crippen molar-refractivity contribution in [1.29, 1.82) is 0 Å². The fourth-order valence-corrected chi connectivity index (χ4v) is 2.74. The van der Waals surface area contributed by atoms with Crippen LogP contribution in [0.5, 0.6) is 0 Å². The van der Waals surface area contributed by atoms with Crippen molar-refractivity contribution in [3.05, 3.63) is 28.7 Å². The van der Waals surface area contributed by atoms with Gasteiger partial charge in [-0.3, -0.25) is 9.59 Å². The van der Waals surface area contributed by atoms with E-state index in [2.05, 4.69) is 17.6 Å². The van der Waals surface area contributed by atoms with Gasteiger partial charge in [-0.2, -0.15) is 0 Å². The van der Waals surface area contributed by atoms with Gasteiger partial charge in [0, 0.05) is 25.4 Å². The summed E-state index contributed by atoms with van der Waals surface area (Å²) < 4.78 is 1.59. The Morgan fingerprint density at radius 3 is 2.85 bits per heavy atom. The zero-order valence-corrected chi connectivity index (χ0v) is 12.2. The van der Waals surface area contributed by atoms with Gasteiger partial charge in [0.2, 0.25) is 5.91 Å². The Kier molecular flexibility index (Phi) is 4.60. The number of nitrogens with zero attached hydrogens (tertiary/aromatic N) is 1. The molecule has 1 fully saturated rings. The maximum atomic E-state index is 12.6. The van der Waals surface area contributed by atoms with Gasteiger partial charge in [0.1, 0.15) is 0 Å². The summed E-state index contributed by atoms with van der Waals surface area (Å²) in [4.78, 5) is 24.1. The second-order valence-electron chi connectivity index (χ2n) is 5.41. The fraction of sp³-hybridized carbons (Fsp3) is 0.600. The highest BCUT2D eigenvalue weighted by Gasteiger charge is 2.37. The van der Waals surface area contributed by atoms with Crippen molar-refractivity contribution in [1.82, 2.24) is 9.88 Å². The first-order chi connectivity index (χ1) is 9.61. The van der Waals surface area contributed by atoms with Gasteiger partial charge in [0.05, 0.1) is 11.1 Å². The van der Waals surface area contributed by atoms with Gasteiger partial charge in [-0.05, 0) is 38.8 Å². The molecule has 110 valence electrons. The molecule has 2 heterocycles. The summed E-state index contributed by atoms with van der Waals surface area (Å²) in [5.41, 5.74) is 0.315. The number of carbonyl (C=O) groups is 1. The molecule has 0 saturated carbocycles. The molecule has 1 aliphatic heterocycles. The Balaban J connectivity index is 2.16. The number of rotatable bonds is 4. The highest BCUT2D eigenvalue weighted by molar-refractivity contribution is 5.95.